The standard InChI is InChI=1S/C20H14O/c1-2-7-15-13(6-1)14-9-8-11-4-3-5-12-10-16-19(20(15)21-16)18(14)17(11)12/h3-5,8-10H,1-2,6-7H2. The zero-order chi connectivity index (χ0) is 13.6. The SMILES string of the molecule is c1cc2ccc3c4c(c5c6c(cc(c1)c2c36)O5)CCCC4. The summed E-state index contributed by atoms with van der Waals surface area (Å²) >= 11 is 0. The summed E-state index contributed by atoms with van der Waals surface area (Å²) in [6.07, 6.45) is 4.99. The first-order chi connectivity index (χ1) is 10.4. The molecule has 4 aromatic rings. The Balaban J connectivity index is 1.98. The van der Waals surface area contributed by atoms with Crippen LogP contribution in [0, 0.1) is 0 Å². The van der Waals surface area contributed by atoms with E-state index in [1.54, 1.807) is 5.56 Å². The van der Waals surface area contributed by atoms with Gasteiger partial charge in [0.25, 0.3) is 0 Å². The van der Waals surface area contributed by atoms with E-state index in [4.69, 9.17) is 4.74 Å². The summed E-state index contributed by atoms with van der Waals surface area (Å²) in [6.45, 7) is 0. The Bertz CT molecular complexity index is 1060. The molecule has 0 unspecified atom stereocenters. The number of fused-ring (bicyclic) bond motifs is 3. The van der Waals surface area contributed by atoms with Gasteiger partial charge in [-0.15, -0.1) is 0 Å². The monoisotopic (exact) mass is 270 g/mol. The van der Waals surface area contributed by atoms with E-state index in [1.807, 2.05) is 0 Å². The van der Waals surface area contributed by atoms with Crippen molar-refractivity contribution in [3.63, 3.8) is 0 Å². The van der Waals surface area contributed by atoms with Crippen molar-refractivity contribution in [1.82, 2.24) is 0 Å². The van der Waals surface area contributed by atoms with E-state index in [0.29, 0.717) is 0 Å². The normalized spacial score (nSPS) is 16.2. The molecule has 6 rings (SSSR count). The van der Waals surface area contributed by atoms with Crippen LogP contribution in [0.15, 0.2) is 36.4 Å². The Hall–Kier alpha value is -2.28. The maximum absolute atomic E-state index is 6.08. The predicted molar refractivity (Wildman–Crippen MR) is 86.9 cm³/mol. The van der Waals surface area contributed by atoms with Crippen molar-refractivity contribution < 1.29 is 4.74 Å². The van der Waals surface area contributed by atoms with Crippen molar-refractivity contribution in [2.24, 2.45) is 0 Å². The molecule has 2 aliphatic rings. The van der Waals surface area contributed by atoms with Gasteiger partial charge in [-0.2, -0.15) is 0 Å². The summed E-state index contributed by atoms with van der Waals surface area (Å²) in [5.74, 6) is 2.26. The van der Waals surface area contributed by atoms with Crippen LogP contribution in [0.2, 0.25) is 0 Å². The fourth-order valence-electron chi connectivity index (χ4n) is 4.46. The highest BCUT2D eigenvalue weighted by Crippen LogP contribution is 2.55. The molecule has 0 fully saturated rings. The van der Waals surface area contributed by atoms with Gasteiger partial charge in [0.05, 0.1) is 5.39 Å². The molecule has 1 aliphatic carbocycles. The van der Waals surface area contributed by atoms with Gasteiger partial charge in [0.1, 0.15) is 11.5 Å². The molecule has 0 atom stereocenters. The molecule has 0 bridgehead atoms. The predicted octanol–water partition coefficient (Wildman–Crippen LogP) is 5.57. The minimum atomic E-state index is 1.08. The molecular formula is C20H14O. The highest BCUT2D eigenvalue weighted by atomic mass is 16.5. The summed E-state index contributed by atoms with van der Waals surface area (Å²) in [5, 5.41) is 8.38. The molecule has 0 saturated carbocycles. The van der Waals surface area contributed by atoms with Gasteiger partial charge in [0.15, 0.2) is 0 Å². The topological polar surface area (TPSA) is 9.23 Å². The van der Waals surface area contributed by atoms with Crippen LogP contribution in [0.3, 0.4) is 0 Å². The maximum atomic E-state index is 6.08. The van der Waals surface area contributed by atoms with Crippen LogP contribution >= 0.6 is 0 Å². The molecule has 0 N–H and O–H groups in total. The summed E-state index contributed by atoms with van der Waals surface area (Å²) in [4.78, 5) is 0. The average Bonchev–Trinajstić information content (AvgIpc) is 2.51. The van der Waals surface area contributed by atoms with Crippen LogP contribution in [0.5, 0.6) is 11.5 Å². The Labute approximate surface area is 122 Å². The van der Waals surface area contributed by atoms with Crippen LogP contribution in [0.25, 0.3) is 32.3 Å². The minimum absolute atomic E-state index is 1.08. The van der Waals surface area contributed by atoms with Gasteiger partial charge < -0.3 is 4.74 Å². The number of hydrogen-bond acceptors (Lipinski definition) is 1. The first kappa shape index (κ1) is 10.4. The van der Waals surface area contributed by atoms with Gasteiger partial charge in [0.2, 0.25) is 0 Å². The van der Waals surface area contributed by atoms with Crippen LogP contribution in [-0.4, -0.2) is 0 Å². The average molecular weight is 270 g/mol. The molecule has 0 radical (unpaired) electrons. The van der Waals surface area contributed by atoms with Crippen molar-refractivity contribution in [2.45, 2.75) is 25.7 Å². The first-order valence-electron chi connectivity index (χ1n) is 7.85. The molecule has 0 aromatic heterocycles. The van der Waals surface area contributed by atoms with E-state index >= 15 is 0 Å². The lowest BCUT2D eigenvalue weighted by Gasteiger charge is -2.31. The second-order valence-electron chi connectivity index (χ2n) is 6.41. The number of aryl methyl sites for hydroxylation is 1. The third-order valence-corrected chi connectivity index (χ3v) is 5.37. The van der Waals surface area contributed by atoms with E-state index in [0.717, 1.165) is 5.75 Å². The number of benzene rings is 4. The maximum Gasteiger partial charge on any atom is 0.142 e. The van der Waals surface area contributed by atoms with Gasteiger partial charge in [0, 0.05) is 5.39 Å². The largest absolute Gasteiger partial charge is 0.455 e. The van der Waals surface area contributed by atoms with Crippen molar-refractivity contribution in [1.29, 1.82) is 0 Å². The fourth-order valence-corrected chi connectivity index (χ4v) is 4.46. The molecule has 0 saturated heterocycles. The molecule has 1 heterocycles. The van der Waals surface area contributed by atoms with E-state index in [9.17, 15) is 0 Å². The van der Waals surface area contributed by atoms with Crippen molar-refractivity contribution in [3.05, 3.63) is 47.5 Å². The minimum Gasteiger partial charge on any atom is -0.455 e. The quantitative estimate of drug-likeness (QED) is 0.334. The van der Waals surface area contributed by atoms with Gasteiger partial charge in [-0.25, -0.2) is 0 Å². The first-order valence-corrected chi connectivity index (χ1v) is 7.85. The van der Waals surface area contributed by atoms with E-state index in [1.165, 1.54) is 69.3 Å². The lowest BCUT2D eigenvalue weighted by molar-refractivity contribution is 0.451. The van der Waals surface area contributed by atoms with E-state index < -0.39 is 0 Å². The van der Waals surface area contributed by atoms with Crippen molar-refractivity contribution in [3.8, 4) is 11.5 Å². The molecule has 1 nitrogen and oxygen atoms in total. The summed E-state index contributed by atoms with van der Waals surface area (Å²) < 4.78 is 6.08. The molecule has 4 aromatic carbocycles. The van der Waals surface area contributed by atoms with E-state index in [-0.39, 0.29) is 0 Å². The number of hydrogen-bond donors (Lipinski definition) is 0. The Morgan fingerprint density at radius 1 is 0.762 bits per heavy atom. The number of ether oxygens (including phenoxy) is 1. The van der Waals surface area contributed by atoms with Crippen LogP contribution in [0.1, 0.15) is 24.0 Å². The molecular weight excluding hydrogens is 256 g/mol. The van der Waals surface area contributed by atoms with Gasteiger partial charge >= 0.3 is 0 Å². The van der Waals surface area contributed by atoms with Crippen LogP contribution in [-0.2, 0) is 12.8 Å². The van der Waals surface area contributed by atoms with Gasteiger partial charge in [-0.1, -0.05) is 30.3 Å². The lowest BCUT2D eigenvalue weighted by Crippen LogP contribution is -2.11. The highest BCUT2D eigenvalue weighted by Gasteiger charge is 2.30. The zero-order valence-corrected chi connectivity index (χ0v) is 11.7. The second-order valence-corrected chi connectivity index (χ2v) is 6.41. The van der Waals surface area contributed by atoms with Gasteiger partial charge in [-0.3, -0.25) is 0 Å². The summed E-state index contributed by atoms with van der Waals surface area (Å²) in [6, 6.07) is 13.4. The molecule has 100 valence electrons. The highest BCUT2D eigenvalue weighted by molar-refractivity contribution is 6.28. The molecule has 1 aliphatic heterocycles. The van der Waals surface area contributed by atoms with Crippen LogP contribution in [0.4, 0.5) is 0 Å². The molecule has 0 amide bonds. The smallest absolute Gasteiger partial charge is 0.142 e. The molecule has 0 spiro atoms. The van der Waals surface area contributed by atoms with Gasteiger partial charge in [-0.05, 0) is 64.4 Å². The van der Waals surface area contributed by atoms with Crippen LogP contribution < -0.4 is 4.74 Å². The van der Waals surface area contributed by atoms with E-state index in [2.05, 4.69) is 36.4 Å². The summed E-state index contributed by atoms with van der Waals surface area (Å²) in [7, 11) is 0. The fraction of sp³-hybridized carbons (Fsp3) is 0.200. The summed E-state index contributed by atoms with van der Waals surface area (Å²) in [5.41, 5.74) is 3.03. The Kier molecular flexibility index (Phi) is 1.64. The second kappa shape index (κ2) is 3.30. The molecule has 21 heavy (non-hydrogen) atoms. The number of rotatable bonds is 0. The Morgan fingerprint density at radius 2 is 1.62 bits per heavy atom. The third-order valence-electron chi connectivity index (χ3n) is 5.37. The van der Waals surface area contributed by atoms with Crippen molar-refractivity contribution >= 4 is 32.3 Å². The lowest BCUT2D eigenvalue weighted by atomic mass is 9.81. The third kappa shape index (κ3) is 1.08. The molecule has 1 heteroatoms. The Morgan fingerprint density at radius 3 is 2.57 bits per heavy atom. The zero-order valence-electron chi connectivity index (χ0n) is 11.7. The van der Waals surface area contributed by atoms with Crippen molar-refractivity contribution in [2.75, 3.05) is 0 Å².